The zero-order chi connectivity index (χ0) is 10.1. The highest BCUT2D eigenvalue weighted by Crippen LogP contribution is 2.16. The predicted molar refractivity (Wildman–Crippen MR) is 53.2 cm³/mol. The van der Waals surface area contributed by atoms with Gasteiger partial charge in [-0.3, -0.25) is 0 Å². The van der Waals surface area contributed by atoms with Gasteiger partial charge in [0, 0.05) is 6.42 Å². The Balaban J connectivity index is 3.06. The lowest BCUT2D eigenvalue weighted by Crippen LogP contribution is -1.94. The molecule has 0 amide bonds. The van der Waals surface area contributed by atoms with E-state index in [1.807, 2.05) is 0 Å². The second-order valence-electron chi connectivity index (χ2n) is 3.92. The Labute approximate surface area is 80.7 Å². The quantitative estimate of drug-likeness (QED) is 0.491. The van der Waals surface area contributed by atoms with Crippen LogP contribution in [0.5, 0.6) is 0 Å². The lowest BCUT2D eigenvalue weighted by atomic mass is 9.98. The van der Waals surface area contributed by atoms with Crippen molar-refractivity contribution in [3.63, 3.8) is 0 Å². The molecule has 0 bridgehead atoms. The molecule has 0 saturated heterocycles. The van der Waals surface area contributed by atoms with E-state index in [0.29, 0.717) is 6.42 Å². The molecule has 0 rings (SSSR count). The first-order valence-corrected chi connectivity index (χ1v) is 5.45. The van der Waals surface area contributed by atoms with Crippen LogP contribution in [-0.2, 0) is 0 Å². The second kappa shape index (κ2) is 8.46. The van der Waals surface area contributed by atoms with Gasteiger partial charge in [-0.05, 0) is 12.3 Å². The van der Waals surface area contributed by atoms with Gasteiger partial charge >= 0.3 is 0 Å². The summed E-state index contributed by atoms with van der Waals surface area (Å²) in [7, 11) is 0. The molecular weight excluding hydrogens is 170 g/mol. The summed E-state index contributed by atoms with van der Waals surface area (Å²) >= 11 is 0. The molecule has 13 heavy (non-hydrogen) atoms. The molecule has 0 nitrogen and oxygen atoms in total. The Morgan fingerprint density at radius 3 is 2.08 bits per heavy atom. The summed E-state index contributed by atoms with van der Waals surface area (Å²) in [5.74, 6) is 0.775. The average molecular weight is 192 g/mol. The van der Waals surface area contributed by atoms with Crippen molar-refractivity contribution >= 4 is 0 Å². The van der Waals surface area contributed by atoms with Gasteiger partial charge in [0.15, 0.2) is 0 Å². The summed E-state index contributed by atoms with van der Waals surface area (Å²) in [5, 5.41) is 0. The van der Waals surface area contributed by atoms with Gasteiger partial charge in [0.05, 0.1) is 0 Å². The van der Waals surface area contributed by atoms with E-state index in [-0.39, 0.29) is 6.42 Å². The number of halogens is 2. The highest BCUT2D eigenvalue weighted by molar-refractivity contribution is 4.53. The zero-order valence-electron chi connectivity index (χ0n) is 8.86. The fourth-order valence-electron chi connectivity index (χ4n) is 1.61. The maximum atomic E-state index is 11.7. The summed E-state index contributed by atoms with van der Waals surface area (Å²) in [6.07, 6.45) is 4.47. The van der Waals surface area contributed by atoms with Gasteiger partial charge in [-0.25, -0.2) is 8.78 Å². The topological polar surface area (TPSA) is 0 Å². The van der Waals surface area contributed by atoms with Gasteiger partial charge in [0.2, 0.25) is 6.43 Å². The minimum absolute atomic E-state index is 0.0855. The minimum atomic E-state index is -2.10. The van der Waals surface area contributed by atoms with E-state index in [1.165, 1.54) is 19.3 Å². The first kappa shape index (κ1) is 12.9. The number of unbranched alkanes of at least 4 members (excludes halogenated alkanes) is 2. The highest BCUT2D eigenvalue weighted by atomic mass is 19.3. The molecule has 1 atom stereocenters. The van der Waals surface area contributed by atoms with Gasteiger partial charge in [0.1, 0.15) is 0 Å². The van der Waals surface area contributed by atoms with E-state index in [1.54, 1.807) is 0 Å². The van der Waals surface area contributed by atoms with Crippen molar-refractivity contribution in [2.75, 3.05) is 0 Å². The molecule has 0 saturated carbocycles. The van der Waals surface area contributed by atoms with Crippen molar-refractivity contribution in [1.29, 1.82) is 0 Å². The lowest BCUT2D eigenvalue weighted by molar-refractivity contribution is 0.133. The number of hydrogen-bond donors (Lipinski definition) is 0. The van der Waals surface area contributed by atoms with Crippen molar-refractivity contribution in [2.24, 2.45) is 5.92 Å². The molecule has 1 unspecified atom stereocenters. The van der Waals surface area contributed by atoms with Crippen LogP contribution in [-0.4, -0.2) is 6.43 Å². The zero-order valence-corrected chi connectivity index (χ0v) is 8.86. The maximum Gasteiger partial charge on any atom is 0.238 e. The summed E-state index contributed by atoms with van der Waals surface area (Å²) in [5.41, 5.74) is 0. The molecule has 80 valence electrons. The van der Waals surface area contributed by atoms with Gasteiger partial charge in [0.25, 0.3) is 0 Å². The summed E-state index contributed by atoms with van der Waals surface area (Å²) in [4.78, 5) is 0. The minimum Gasteiger partial charge on any atom is -0.211 e. The van der Waals surface area contributed by atoms with E-state index in [0.717, 1.165) is 18.8 Å². The van der Waals surface area contributed by atoms with E-state index in [4.69, 9.17) is 0 Å². The summed E-state index contributed by atoms with van der Waals surface area (Å²) < 4.78 is 23.5. The van der Waals surface area contributed by atoms with Crippen molar-refractivity contribution in [1.82, 2.24) is 0 Å². The van der Waals surface area contributed by atoms with Crippen molar-refractivity contribution < 1.29 is 8.78 Å². The number of alkyl halides is 2. The van der Waals surface area contributed by atoms with Crippen LogP contribution in [0.2, 0.25) is 0 Å². The molecule has 0 aromatic carbocycles. The normalized spacial score (nSPS) is 13.6. The van der Waals surface area contributed by atoms with Gasteiger partial charge in [-0.2, -0.15) is 0 Å². The fourth-order valence-corrected chi connectivity index (χ4v) is 1.61. The molecule has 2 heteroatoms. The molecular formula is C11H22F2. The highest BCUT2D eigenvalue weighted by Gasteiger charge is 2.03. The van der Waals surface area contributed by atoms with Gasteiger partial charge < -0.3 is 0 Å². The van der Waals surface area contributed by atoms with Gasteiger partial charge in [-0.1, -0.05) is 46.0 Å². The molecule has 0 N–H and O–H groups in total. The van der Waals surface area contributed by atoms with Crippen molar-refractivity contribution in [3.05, 3.63) is 0 Å². The standard InChI is InChI=1S/C11H22F2/c1-3-7-10(2)8-5-4-6-9-11(12)13/h10-11H,3-9H2,1-2H3. The third-order valence-electron chi connectivity index (χ3n) is 2.40. The van der Waals surface area contributed by atoms with Crippen molar-refractivity contribution in [3.8, 4) is 0 Å². The summed E-state index contributed by atoms with van der Waals surface area (Å²) in [6.45, 7) is 4.43. The van der Waals surface area contributed by atoms with Crippen LogP contribution in [0.1, 0.15) is 58.8 Å². The molecule has 0 aromatic heterocycles. The average Bonchev–Trinajstić information content (AvgIpc) is 2.03. The second-order valence-corrected chi connectivity index (χ2v) is 3.92. The first-order chi connectivity index (χ1) is 6.16. The molecule has 0 fully saturated rings. The van der Waals surface area contributed by atoms with E-state index in [9.17, 15) is 8.78 Å². The predicted octanol–water partition coefficient (Wildman–Crippen LogP) is 4.64. The third-order valence-corrected chi connectivity index (χ3v) is 2.40. The number of hydrogen-bond acceptors (Lipinski definition) is 0. The van der Waals surface area contributed by atoms with Crippen LogP contribution in [0.25, 0.3) is 0 Å². The van der Waals surface area contributed by atoms with E-state index in [2.05, 4.69) is 13.8 Å². The Hall–Kier alpha value is -0.140. The Morgan fingerprint density at radius 1 is 0.923 bits per heavy atom. The largest absolute Gasteiger partial charge is 0.238 e. The third kappa shape index (κ3) is 9.78. The maximum absolute atomic E-state index is 11.7. The SMILES string of the molecule is CCCC(C)CCCCCC(F)F. The monoisotopic (exact) mass is 192 g/mol. The van der Waals surface area contributed by atoms with Crippen LogP contribution in [0, 0.1) is 5.92 Å². The van der Waals surface area contributed by atoms with Crippen molar-refractivity contribution in [2.45, 2.75) is 65.2 Å². The van der Waals surface area contributed by atoms with E-state index >= 15 is 0 Å². The van der Waals surface area contributed by atoms with E-state index < -0.39 is 6.43 Å². The van der Waals surface area contributed by atoms with Crippen LogP contribution < -0.4 is 0 Å². The molecule has 0 aromatic rings. The van der Waals surface area contributed by atoms with Crippen LogP contribution in [0.15, 0.2) is 0 Å². The molecule has 0 aliphatic heterocycles. The smallest absolute Gasteiger partial charge is 0.211 e. The molecule has 0 spiro atoms. The summed E-state index contributed by atoms with van der Waals surface area (Å²) in [6, 6.07) is 0. The number of rotatable bonds is 8. The molecule has 0 aliphatic carbocycles. The first-order valence-electron chi connectivity index (χ1n) is 5.45. The Morgan fingerprint density at radius 2 is 1.54 bits per heavy atom. The van der Waals surface area contributed by atoms with Crippen LogP contribution in [0.4, 0.5) is 8.78 Å². The fraction of sp³-hybridized carbons (Fsp3) is 1.00. The van der Waals surface area contributed by atoms with Crippen LogP contribution in [0.3, 0.4) is 0 Å². The van der Waals surface area contributed by atoms with Gasteiger partial charge in [-0.15, -0.1) is 0 Å². The molecule has 0 heterocycles. The molecule has 0 radical (unpaired) electrons. The molecule has 0 aliphatic rings. The van der Waals surface area contributed by atoms with Crippen LogP contribution >= 0.6 is 0 Å². The lowest BCUT2D eigenvalue weighted by Gasteiger charge is -2.08. The Kier molecular flexibility index (Phi) is 8.37. The Bertz CT molecular complexity index is 102.